The van der Waals surface area contributed by atoms with Gasteiger partial charge in [-0.2, -0.15) is 11.3 Å². The summed E-state index contributed by atoms with van der Waals surface area (Å²) < 4.78 is 14.0. The highest BCUT2D eigenvalue weighted by Gasteiger charge is 2.13. The predicted molar refractivity (Wildman–Crippen MR) is 64.4 cm³/mol. The van der Waals surface area contributed by atoms with Crippen molar-refractivity contribution in [1.82, 2.24) is 0 Å². The number of halogens is 2. The van der Waals surface area contributed by atoms with Crippen LogP contribution in [0, 0.1) is 5.82 Å². The van der Waals surface area contributed by atoms with Crippen molar-refractivity contribution in [3.05, 3.63) is 44.8 Å². The standard InChI is InChI=1S/C11H6BrFO2S/c12-9-5-16-4-8(9)6-1-2-10(13)7(3-6)11(14)15/h1-5H,(H,14,15). The minimum absolute atomic E-state index is 0.310. The Bertz CT molecular complexity index is 551. The third kappa shape index (κ3) is 2.01. The molecule has 5 heteroatoms. The average molecular weight is 301 g/mol. The van der Waals surface area contributed by atoms with E-state index in [9.17, 15) is 9.18 Å². The first-order valence-corrected chi connectivity index (χ1v) is 6.08. The average Bonchev–Trinajstić information content (AvgIpc) is 2.65. The van der Waals surface area contributed by atoms with E-state index in [1.165, 1.54) is 23.5 Å². The first-order chi connectivity index (χ1) is 7.59. The number of aromatic carboxylic acids is 1. The molecule has 0 saturated heterocycles. The van der Waals surface area contributed by atoms with E-state index in [4.69, 9.17) is 5.11 Å². The zero-order valence-electron chi connectivity index (χ0n) is 7.91. The summed E-state index contributed by atoms with van der Waals surface area (Å²) in [6, 6.07) is 4.07. The summed E-state index contributed by atoms with van der Waals surface area (Å²) in [6.07, 6.45) is 0. The van der Waals surface area contributed by atoms with Gasteiger partial charge in [-0.1, -0.05) is 6.07 Å². The lowest BCUT2D eigenvalue weighted by Crippen LogP contribution is -2.00. The molecule has 0 fully saturated rings. The van der Waals surface area contributed by atoms with Gasteiger partial charge in [-0.25, -0.2) is 9.18 Å². The molecule has 0 aliphatic rings. The fourth-order valence-electron chi connectivity index (χ4n) is 1.34. The molecular formula is C11H6BrFO2S. The van der Waals surface area contributed by atoms with E-state index in [2.05, 4.69) is 15.9 Å². The summed E-state index contributed by atoms with van der Waals surface area (Å²) in [5, 5.41) is 12.6. The predicted octanol–water partition coefficient (Wildman–Crippen LogP) is 4.01. The summed E-state index contributed by atoms with van der Waals surface area (Å²) in [4.78, 5) is 10.8. The molecule has 16 heavy (non-hydrogen) atoms. The van der Waals surface area contributed by atoms with Crippen LogP contribution in [0.5, 0.6) is 0 Å². The number of rotatable bonds is 2. The maximum absolute atomic E-state index is 13.2. The van der Waals surface area contributed by atoms with Crippen LogP contribution in [0.15, 0.2) is 33.4 Å². The summed E-state index contributed by atoms with van der Waals surface area (Å²) in [7, 11) is 0. The van der Waals surface area contributed by atoms with Crippen LogP contribution in [0.2, 0.25) is 0 Å². The second kappa shape index (κ2) is 4.35. The molecule has 1 N–H and O–H groups in total. The van der Waals surface area contributed by atoms with Crippen LogP contribution in [-0.4, -0.2) is 11.1 Å². The maximum atomic E-state index is 13.2. The highest BCUT2D eigenvalue weighted by Crippen LogP contribution is 2.32. The van der Waals surface area contributed by atoms with Crippen LogP contribution in [-0.2, 0) is 0 Å². The zero-order valence-corrected chi connectivity index (χ0v) is 10.3. The number of carboxylic acid groups (broad SMARTS) is 1. The number of hydrogen-bond donors (Lipinski definition) is 1. The van der Waals surface area contributed by atoms with Gasteiger partial charge < -0.3 is 5.11 Å². The first-order valence-electron chi connectivity index (χ1n) is 4.34. The monoisotopic (exact) mass is 300 g/mol. The maximum Gasteiger partial charge on any atom is 0.338 e. The molecule has 0 aliphatic carbocycles. The third-order valence-corrected chi connectivity index (χ3v) is 3.83. The smallest absolute Gasteiger partial charge is 0.338 e. The summed E-state index contributed by atoms with van der Waals surface area (Å²) in [6.45, 7) is 0. The fraction of sp³-hybridized carbons (Fsp3) is 0. The minimum atomic E-state index is -1.26. The van der Waals surface area contributed by atoms with Crippen molar-refractivity contribution < 1.29 is 14.3 Å². The van der Waals surface area contributed by atoms with Gasteiger partial charge in [-0.15, -0.1) is 0 Å². The summed E-state index contributed by atoms with van der Waals surface area (Å²) in [5.74, 6) is -1.98. The van der Waals surface area contributed by atoms with Crippen LogP contribution in [0.25, 0.3) is 11.1 Å². The Hall–Kier alpha value is -1.20. The van der Waals surface area contributed by atoms with Crippen LogP contribution in [0.1, 0.15) is 10.4 Å². The molecule has 0 amide bonds. The zero-order chi connectivity index (χ0) is 11.7. The molecule has 0 atom stereocenters. The van der Waals surface area contributed by atoms with Crippen molar-refractivity contribution in [3.8, 4) is 11.1 Å². The Labute approximate surface area is 103 Å². The van der Waals surface area contributed by atoms with Crippen molar-refractivity contribution >= 4 is 33.2 Å². The molecule has 1 heterocycles. The van der Waals surface area contributed by atoms with Crippen molar-refractivity contribution in [1.29, 1.82) is 0 Å². The van der Waals surface area contributed by atoms with Gasteiger partial charge in [-0.05, 0) is 39.0 Å². The Morgan fingerprint density at radius 2 is 2.12 bits per heavy atom. The van der Waals surface area contributed by atoms with Crippen LogP contribution in [0.3, 0.4) is 0 Å². The van der Waals surface area contributed by atoms with Gasteiger partial charge in [0.2, 0.25) is 0 Å². The lowest BCUT2D eigenvalue weighted by atomic mass is 10.1. The second-order valence-electron chi connectivity index (χ2n) is 3.13. The van der Waals surface area contributed by atoms with Crippen molar-refractivity contribution in [2.75, 3.05) is 0 Å². The lowest BCUT2D eigenvalue weighted by Gasteiger charge is -2.02. The van der Waals surface area contributed by atoms with Gasteiger partial charge in [0.25, 0.3) is 0 Å². The lowest BCUT2D eigenvalue weighted by molar-refractivity contribution is 0.0692. The van der Waals surface area contributed by atoms with Crippen LogP contribution >= 0.6 is 27.3 Å². The van der Waals surface area contributed by atoms with E-state index >= 15 is 0 Å². The molecule has 0 saturated carbocycles. The molecule has 0 radical (unpaired) electrons. The van der Waals surface area contributed by atoms with Gasteiger partial charge in [-0.3, -0.25) is 0 Å². The molecule has 0 aliphatic heterocycles. The highest BCUT2D eigenvalue weighted by atomic mass is 79.9. The van der Waals surface area contributed by atoms with Crippen molar-refractivity contribution in [2.45, 2.75) is 0 Å². The van der Waals surface area contributed by atoms with Gasteiger partial charge in [0.15, 0.2) is 0 Å². The van der Waals surface area contributed by atoms with Crippen LogP contribution in [0.4, 0.5) is 4.39 Å². The number of benzene rings is 1. The second-order valence-corrected chi connectivity index (χ2v) is 4.73. The molecular weight excluding hydrogens is 295 g/mol. The van der Waals surface area contributed by atoms with E-state index in [0.29, 0.717) is 5.56 Å². The first kappa shape index (κ1) is 11.3. The molecule has 1 aromatic carbocycles. The van der Waals surface area contributed by atoms with Crippen molar-refractivity contribution in [2.24, 2.45) is 0 Å². The number of thiophene rings is 1. The van der Waals surface area contributed by atoms with E-state index < -0.39 is 11.8 Å². The van der Waals surface area contributed by atoms with Crippen molar-refractivity contribution in [3.63, 3.8) is 0 Å². The third-order valence-electron chi connectivity index (χ3n) is 2.12. The Morgan fingerprint density at radius 3 is 2.69 bits per heavy atom. The Morgan fingerprint density at radius 1 is 1.38 bits per heavy atom. The van der Waals surface area contributed by atoms with Crippen LogP contribution < -0.4 is 0 Å². The molecule has 2 nitrogen and oxygen atoms in total. The summed E-state index contributed by atoms with van der Waals surface area (Å²) in [5.41, 5.74) is 1.25. The molecule has 1 aromatic heterocycles. The SMILES string of the molecule is O=C(O)c1cc(-c2cscc2Br)ccc1F. The Balaban J connectivity index is 2.56. The van der Waals surface area contributed by atoms with E-state index in [0.717, 1.165) is 10.0 Å². The molecule has 0 unspecified atom stereocenters. The fourth-order valence-corrected chi connectivity index (χ4v) is 2.88. The number of carboxylic acids is 1. The van der Waals surface area contributed by atoms with Gasteiger partial charge in [0.1, 0.15) is 5.82 Å². The van der Waals surface area contributed by atoms with Gasteiger partial charge in [0.05, 0.1) is 5.56 Å². The molecule has 2 rings (SSSR count). The quantitative estimate of drug-likeness (QED) is 0.910. The Kier molecular flexibility index (Phi) is 3.07. The van der Waals surface area contributed by atoms with E-state index in [1.54, 1.807) is 6.07 Å². The topological polar surface area (TPSA) is 37.3 Å². The molecule has 0 spiro atoms. The molecule has 2 aromatic rings. The molecule has 0 bridgehead atoms. The van der Waals surface area contributed by atoms with E-state index in [-0.39, 0.29) is 5.56 Å². The molecule has 82 valence electrons. The number of carbonyl (C=O) groups is 1. The number of hydrogen-bond acceptors (Lipinski definition) is 2. The van der Waals surface area contributed by atoms with E-state index in [1.807, 2.05) is 10.8 Å². The highest BCUT2D eigenvalue weighted by molar-refractivity contribution is 9.10. The van der Waals surface area contributed by atoms with Gasteiger partial charge in [0, 0.05) is 15.4 Å². The summed E-state index contributed by atoms with van der Waals surface area (Å²) >= 11 is 4.84. The largest absolute Gasteiger partial charge is 0.478 e. The normalized spacial score (nSPS) is 10.4. The minimum Gasteiger partial charge on any atom is -0.478 e. The van der Waals surface area contributed by atoms with Gasteiger partial charge >= 0.3 is 5.97 Å².